The van der Waals surface area contributed by atoms with Gasteiger partial charge in [0.25, 0.3) is 0 Å². The molecule has 6 N–H and O–H groups in total. The van der Waals surface area contributed by atoms with Gasteiger partial charge in [0.2, 0.25) is 35.4 Å². The highest BCUT2D eigenvalue weighted by Crippen LogP contribution is 2.45. The Morgan fingerprint density at radius 1 is 0.635 bits per heavy atom. The first kappa shape index (κ1) is 58.0. The van der Waals surface area contributed by atoms with Crippen molar-refractivity contribution in [3.05, 3.63) is 70.8 Å². The maximum absolute atomic E-state index is 14.5. The molecular formula is C54H72Cl2N8O10. The predicted molar refractivity (Wildman–Crippen MR) is 279 cm³/mol. The molecular weight excluding hydrogens is 992 g/mol. The van der Waals surface area contributed by atoms with Gasteiger partial charge < -0.3 is 60.6 Å². The summed E-state index contributed by atoms with van der Waals surface area (Å²) >= 11 is 0. The first-order valence-corrected chi connectivity index (χ1v) is 25.2. The van der Waals surface area contributed by atoms with E-state index in [2.05, 4.69) is 55.6 Å². The van der Waals surface area contributed by atoms with Gasteiger partial charge in [-0.05, 0) is 85.7 Å². The van der Waals surface area contributed by atoms with Crippen LogP contribution in [0.25, 0.3) is 0 Å². The minimum absolute atomic E-state index is 0. The van der Waals surface area contributed by atoms with Gasteiger partial charge in [0.05, 0.1) is 49.6 Å². The Kier molecular flexibility index (Phi) is 19.3. The zero-order valence-corrected chi connectivity index (χ0v) is 45.0. The number of nitrogens with one attached hydrogen (secondary N) is 6. The van der Waals surface area contributed by atoms with Crippen LogP contribution in [0.15, 0.2) is 48.5 Å². The van der Waals surface area contributed by atoms with E-state index >= 15 is 0 Å². The normalized spacial score (nSPS) is 28.8. The number of likely N-dealkylation sites (N-methyl/N-ethyl adjacent to an activating group) is 2. The number of halogens is 2. The lowest BCUT2D eigenvalue weighted by molar-refractivity contribution is -0.150. The topological polar surface area (TPSA) is 218 Å². The van der Waals surface area contributed by atoms with E-state index in [-0.39, 0.29) is 86.7 Å². The Bertz CT molecular complexity index is 2370. The van der Waals surface area contributed by atoms with E-state index in [1.807, 2.05) is 76.2 Å². The van der Waals surface area contributed by atoms with Gasteiger partial charge in [-0.15, -0.1) is 24.8 Å². The second-order valence-corrected chi connectivity index (χ2v) is 21.1. The molecule has 4 fully saturated rings. The first-order valence-electron chi connectivity index (χ1n) is 25.2. The van der Waals surface area contributed by atoms with Gasteiger partial charge in [-0.25, -0.2) is 0 Å². The number of amides is 6. The molecule has 2 aliphatic carbocycles. The van der Waals surface area contributed by atoms with Crippen LogP contribution in [0, 0.1) is 34.5 Å². The number of hydrogen-bond acceptors (Lipinski definition) is 12. The molecule has 0 bridgehead atoms. The standard InChI is InChI=1S/C54H70N8O10.2ClH/c1-31(55-7)47(63)57-37-21-25-71-41-29-53(3,4)45(61(41)51(37)67)49(65)59-43-35-19-13-11-17-33(35)27-39(43)69-23-15-9-10-16-24-70-40-28-34-18-12-14-20-36(34)44(40)60-50(66)46-54(5,6)30-42-62(46)52(68)38(22-26-72-42)58-48(64)32(2)56-8;;/h11-14,17-20,31-32,37-46,55-56H,21-30H2,1-8H3,(H,57,63)(H,58,64)(H,59,65)(H,60,66);2*1H/t31-,32-,37-,38-,39+,40+,41-,42-,43-,44-,45+,46+;;/m0../s1. The Morgan fingerprint density at radius 3 is 1.39 bits per heavy atom. The van der Waals surface area contributed by atoms with Crippen LogP contribution in [-0.4, -0.2) is 147 Å². The van der Waals surface area contributed by atoms with Crippen LogP contribution in [0.4, 0.5) is 0 Å². The zero-order chi connectivity index (χ0) is 51.5. The lowest BCUT2D eigenvalue weighted by Gasteiger charge is -2.35. The Morgan fingerprint density at radius 2 is 1.01 bits per heavy atom. The molecule has 0 saturated carbocycles. The highest BCUT2D eigenvalue weighted by atomic mass is 35.5. The van der Waals surface area contributed by atoms with Crippen molar-refractivity contribution >= 4 is 60.3 Å². The molecule has 402 valence electrons. The molecule has 0 aromatic heterocycles. The van der Waals surface area contributed by atoms with E-state index in [1.54, 1.807) is 27.9 Å². The number of benzene rings is 2. The van der Waals surface area contributed by atoms with E-state index in [0.29, 0.717) is 38.5 Å². The molecule has 4 aliphatic heterocycles. The molecule has 8 rings (SSSR count). The van der Waals surface area contributed by atoms with Crippen LogP contribution in [0.5, 0.6) is 0 Å². The fourth-order valence-corrected chi connectivity index (χ4v) is 11.2. The number of rotatable bonds is 14. The molecule has 4 heterocycles. The van der Waals surface area contributed by atoms with Gasteiger partial charge in [-0.2, -0.15) is 0 Å². The molecule has 12 atom stereocenters. The second-order valence-electron chi connectivity index (χ2n) is 21.1. The minimum Gasteiger partial charge on any atom is -0.363 e. The molecule has 20 heteroatoms. The van der Waals surface area contributed by atoms with Gasteiger partial charge in [0.1, 0.15) is 49.8 Å². The van der Waals surface area contributed by atoms with Crippen LogP contribution in [-0.2, 0) is 60.6 Å². The lowest BCUT2D eigenvalue weighted by Crippen LogP contribution is -2.58. The van der Waals surface area contributed by atoms with E-state index in [1.165, 1.54) is 9.80 Å². The summed E-state index contributed by atoms with van der Waals surface area (Å²) in [7, 11) is 3.35. The van der Waals surface area contributed by atoms with Crippen LogP contribution in [0.2, 0.25) is 0 Å². The SMILES string of the molecule is CN[C@@H](C)C(=O)N[C@H]1CCO[C@H]2CC(C)(C)[C@@H](C(=O)N[C@H]3c4ccccc4C[C@H]3OCC#CC#CCO[C@@H]3Cc4ccccc4[C@@H]3NC(=O)[C@H]3N4C(=O)[C@@H](NC(=O)[C@H](C)NC)CCO[C@H]4CC3(C)C)N2C1=O.Cl.Cl. The summed E-state index contributed by atoms with van der Waals surface area (Å²) in [5.74, 6) is 9.72. The summed E-state index contributed by atoms with van der Waals surface area (Å²) < 4.78 is 24.9. The average molecular weight is 1060 g/mol. The first-order chi connectivity index (χ1) is 34.4. The number of hydrogen-bond donors (Lipinski definition) is 6. The highest BCUT2D eigenvalue weighted by Gasteiger charge is 2.57. The van der Waals surface area contributed by atoms with Crippen molar-refractivity contribution < 1.29 is 47.7 Å². The molecule has 6 aliphatic rings. The summed E-state index contributed by atoms with van der Waals surface area (Å²) in [6, 6.07) is 10.3. The molecule has 0 spiro atoms. The fourth-order valence-electron chi connectivity index (χ4n) is 11.2. The summed E-state index contributed by atoms with van der Waals surface area (Å²) in [6.07, 6.45) is 0.486. The van der Waals surface area contributed by atoms with Crippen LogP contribution >= 0.6 is 24.8 Å². The third kappa shape index (κ3) is 12.2. The van der Waals surface area contributed by atoms with E-state index in [9.17, 15) is 28.8 Å². The number of carbonyl (C=O) groups is 6. The van der Waals surface area contributed by atoms with Crippen LogP contribution in [0.3, 0.4) is 0 Å². The molecule has 2 aromatic rings. The van der Waals surface area contributed by atoms with Crippen molar-refractivity contribution in [2.45, 2.75) is 153 Å². The van der Waals surface area contributed by atoms with Crippen molar-refractivity contribution in [1.29, 1.82) is 0 Å². The summed E-state index contributed by atoms with van der Waals surface area (Å²) in [5.41, 5.74) is 2.66. The van der Waals surface area contributed by atoms with Crippen LogP contribution in [0.1, 0.15) is 102 Å². The second kappa shape index (κ2) is 24.6. The van der Waals surface area contributed by atoms with Gasteiger partial charge in [0.15, 0.2) is 0 Å². The van der Waals surface area contributed by atoms with Gasteiger partial charge in [0, 0.05) is 25.7 Å². The Balaban J connectivity index is 0.00000446. The highest BCUT2D eigenvalue weighted by molar-refractivity contribution is 5.95. The van der Waals surface area contributed by atoms with E-state index < -0.39 is 83.8 Å². The van der Waals surface area contributed by atoms with E-state index in [4.69, 9.17) is 18.9 Å². The molecule has 0 radical (unpaired) electrons. The number of ether oxygens (including phenoxy) is 4. The van der Waals surface area contributed by atoms with Gasteiger partial charge in [-0.3, -0.25) is 28.8 Å². The maximum Gasteiger partial charge on any atom is 0.247 e. The fraction of sp³-hybridized carbons (Fsp3) is 0.593. The number of carbonyl (C=O) groups excluding carboxylic acids is 6. The third-order valence-corrected chi connectivity index (χ3v) is 15.3. The van der Waals surface area contributed by atoms with Gasteiger partial charge in [-0.1, -0.05) is 88.1 Å². The van der Waals surface area contributed by atoms with Crippen LogP contribution < -0.4 is 31.9 Å². The van der Waals surface area contributed by atoms with Gasteiger partial charge >= 0.3 is 0 Å². The predicted octanol–water partition coefficient (Wildman–Crippen LogP) is 2.37. The smallest absolute Gasteiger partial charge is 0.247 e. The van der Waals surface area contributed by atoms with Crippen molar-refractivity contribution in [3.8, 4) is 23.7 Å². The Hall–Kier alpha value is -5.28. The van der Waals surface area contributed by atoms with Crippen molar-refractivity contribution in [2.75, 3.05) is 40.5 Å². The largest absolute Gasteiger partial charge is 0.363 e. The molecule has 0 unspecified atom stereocenters. The third-order valence-electron chi connectivity index (χ3n) is 15.3. The quantitative estimate of drug-likeness (QED) is 0.151. The van der Waals surface area contributed by atoms with E-state index in [0.717, 1.165) is 22.3 Å². The van der Waals surface area contributed by atoms with Crippen molar-refractivity contribution in [3.63, 3.8) is 0 Å². The summed E-state index contributed by atoms with van der Waals surface area (Å²) in [5, 5.41) is 18.0. The number of nitrogens with zero attached hydrogens (tertiary/aromatic N) is 2. The van der Waals surface area contributed by atoms with Crippen molar-refractivity contribution in [2.24, 2.45) is 10.8 Å². The summed E-state index contributed by atoms with van der Waals surface area (Å²) in [6.45, 7) is 11.9. The molecule has 74 heavy (non-hydrogen) atoms. The lowest BCUT2D eigenvalue weighted by atomic mass is 9.83. The molecule has 18 nitrogen and oxygen atoms in total. The molecule has 6 amide bonds. The molecule has 4 saturated heterocycles. The summed E-state index contributed by atoms with van der Waals surface area (Å²) in [4.78, 5) is 85.9. The van der Waals surface area contributed by atoms with Crippen molar-refractivity contribution in [1.82, 2.24) is 41.7 Å². The monoisotopic (exact) mass is 1060 g/mol. The Labute approximate surface area is 446 Å². The maximum atomic E-state index is 14.5. The average Bonchev–Trinajstić information content (AvgIpc) is 3.99. The molecule has 2 aromatic carbocycles. The minimum atomic E-state index is -0.862. The zero-order valence-electron chi connectivity index (χ0n) is 43.4. The number of fused-ring (bicyclic) bond motifs is 4.